The van der Waals surface area contributed by atoms with Crippen LogP contribution in [0, 0.1) is 11.8 Å². The Labute approximate surface area is 186 Å². The molecule has 2 atom stereocenters. The molecule has 0 fully saturated rings. The molecule has 0 radical (unpaired) electrons. The van der Waals surface area contributed by atoms with Crippen molar-refractivity contribution in [3.63, 3.8) is 0 Å². The van der Waals surface area contributed by atoms with Gasteiger partial charge in [-0.25, -0.2) is 0 Å². The molecular formula is C26H50O4. The lowest BCUT2D eigenvalue weighted by Crippen LogP contribution is -2.22. The predicted octanol–water partition coefficient (Wildman–Crippen LogP) is 7.63. The summed E-state index contributed by atoms with van der Waals surface area (Å²) in [5.74, 6) is 0.369. The second-order valence-electron chi connectivity index (χ2n) is 8.94. The van der Waals surface area contributed by atoms with Crippen molar-refractivity contribution >= 4 is 11.9 Å². The maximum Gasteiger partial charge on any atom is 0.308 e. The van der Waals surface area contributed by atoms with Gasteiger partial charge in [0.15, 0.2) is 0 Å². The molecule has 0 aliphatic rings. The van der Waals surface area contributed by atoms with E-state index in [1.54, 1.807) is 0 Å². The standard InChI is InChI=1S/C26H50O4/c1-5-7-21-29-25(27)20-18-16-14-12-10-9-11-13-15-17-19-23(3)24(4)26(28)30-22-8-6-2/h23-24H,5-22H2,1-4H3. The van der Waals surface area contributed by atoms with Gasteiger partial charge in [-0.15, -0.1) is 0 Å². The van der Waals surface area contributed by atoms with Crippen molar-refractivity contribution in [3.8, 4) is 0 Å². The van der Waals surface area contributed by atoms with E-state index in [-0.39, 0.29) is 17.9 Å². The topological polar surface area (TPSA) is 52.6 Å². The summed E-state index contributed by atoms with van der Waals surface area (Å²) in [4.78, 5) is 23.5. The van der Waals surface area contributed by atoms with Gasteiger partial charge in [-0.1, -0.05) is 98.3 Å². The highest BCUT2D eigenvalue weighted by molar-refractivity contribution is 5.72. The Balaban J connectivity index is 3.41. The van der Waals surface area contributed by atoms with Crippen molar-refractivity contribution < 1.29 is 19.1 Å². The van der Waals surface area contributed by atoms with E-state index in [0.717, 1.165) is 44.9 Å². The van der Waals surface area contributed by atoms with Crippen LogP contribution >= 0.6 is 0 Å². The van der Waals surface area contributed by atoms with E-state index >= 15 is 0 Å². The fourth-order valence-corrected chi connectivity index (χ4v) is 3.48. The van der Waals surface area contributed by atoms with Gasteiger partial charge in [0.05, 0.1) is 19.1 Å². The molecular weight excluding hydrogens is 376 g/mol. The SMILES string of the molecule is CCCCOC(=O)CCCCCCCCCCCCC(C)C(C)C(=O)OCCCC. The molecule has 178 valence electrons. The Morgan fingerprint density at radius 2 is 1.10 bits per heavy atom. The molecule has 0 aliphatic heterocycles. The first-order chi connectivity index (χ1) is 14.5. The summed E-state index contributed by atoms with van der Waals surface area (Å²) in [5.41, 5.74) is 0. The third-order valence-corrected chi connectivity index (χ3v) is 6.02. The largest absolute Gasteiger partial charge is 0.466 e. The molecule has 0 rings (SSSR count). The molecule has 0 aromatic heterocycles. The first-order valence-corrected chi connectivity index (χ1v) is 12.8. The molecule has 4 heteroatoms. The van der Waals surface area contributed by atoms with E-state index in [0.29, 0.717) is 25.6 Å². The summed E-state index contributed by atoms with van der Waals surface area (Å²) in [7, 11) is 0. The maximum atomic E-state index is 12.0. The van der Waals surface area contributed by atoms with Gasteiger partial charge in [-0.2, -0.15) is 0 Å². The summed E-state index contributed by atoms with van der Waals surface area (Å²) in [6, 6.07) is 0. The van der Waals surface area contributed by atoms with Crippen LogP contribution < -0.4 is 0 Å². The molecule has 0 spiro atoms. The van der Waals surface area contributed by atoms with Crippen LogP contribution in [-0.2, 0) is 19.1 Å². The van der Waals surface area contributed by atoms with Crippen LogP contribution in [0.5, 0.6) is 0 Å². The zero-order valence-electron chi connectivity index (χ0n) is 20.5. The van der Waals surface area contributed by atoms with Crippen molar-refractivity contribution in [2.45, 2.75) is 130 Å². The molecule has 0 aromatic rings. The van der Waals surface area contributed by atoms with Crippen LogP contribution in [0.1, 0.15) is 130 Å². The van der Waals surface area contributed by atoms with Crippen LogP contribution in [0.2, 0.25) is 0 Å². The van der Waals surface area contributed by atoms with E-state index in [1.807, 2.05) is 6.92 Å². The molecule has 2 unspecified atom stereocenters. The molecule has 0 heterocycles. The first-order valence-electron chi connectivity index (χ1n) is 12.8. The number of hydrogen-bond acceptors (Lipinski definition) is 4. The Kier molecular flexibility index (Phi) is 20.4. The van der Waals surface area contributed by atoms with Gasteiger partial charge in [-0.05, 0) is 31.6 Å². The Morgan fingerprint density at radius 3 is 1.63 bits per heavy atom. The average molecular weight is 427 g/mol. The van der Waals surface area contributed by atoms with Crippen molar-refractivity contribution in [2.24, 2.45) is 11.8 Å². The molecule has 0 aliphatic carbocycles. The third kappa shape index (κ3) is 17.8. The second-order valence-corrected chi connectivity index (χ2v) is 8.94. The lowest BCUT2D eigenvalue weighted by Gasteiger charge is -2.18. The number of carbonyl (C=O) groups is 2. The summed E-state index contributed by atoms with van der Waals surface area (Å²) in [5, 5.41) is 0. The number of rotatable bonds is 21. The van der Waals surface area contributed by atoms with Gasteiger partial charge in [-0.3, -0.25) is 9.59 Å². The zero-order valence-corrected chi connectivity index (χ0v) is 20.5. The van der Waals surface area contributed by atoms with E-state index < -0.39 is 0 Å². The van der Waals surface area contributed by atoms with Gasteiger partial charge in [0.1, 0.15) is 0 Å². The third-order valence-electron chi connectivity index (χ3n) is 6.02. The van der Waals surface area contributed by atoms with E-state index in [1.165, 1.54) is 51.4 Å². The van der Waals surface area contributed by atoms with Crippen LogP contribution in [-0.4, -0.2) is 25.2 Å². The van der Waals surface area contributed by atoms with E-state index in [4.69, 9.17) is 9.47 Å². The molecule has 0 saturated heterocycles. The van der Waals surface area contributed by atoms with Gasteiger partial charge < -0.3 is 9.47 Å². The molecule has 4 nitrogen and oxygen atoms in total. The highest BCUT2D eigenvalue weighted by atomic mass is 16.5. The summed E-state index contributed by atoms with van der Waals surface area (Å²) in [6.07, 6.45) is 18.1. The molecule has 30 heavy (non-hydrogen) atoms. The van der Waals surface area contributed by atoms with Crippen molar-refractivity contribution in [3.05, 3.63) is 0 Å². The highest BCUT2D eigenvalue weighted by Crippen LogP contribution is 2.21. The Morgan fingerprint density at radius 1 is 0.633 bits per heavy atom. The van der Waals surface area contributed by atoms with E-state index in [2.05, 4.69) is 20.8 Å². The molecule has 0 saturated carbocycles. The number of esters is 2. The normalized spacial score (nSPS) is 13.1. The quantitative estimate of drug-likeness (QED) is 0.140. The van der Waals surface area contributed by atoms with Crippen molar-refractivity contribution in [2.75, 3.05) is 13.2 Å². The summed E-state index contributed by atoms with van der Waals surface area (Å²) < 4.78 is 10.5. The van der Waals surface area contributed by atoms with Gasteiger partial charge in [0.25, 0.3) is 0 Å². The fourth-order valence-electron chi connectivity index (χ4n) is 3.48. The number of unbranched alkanes of at least 4 members (excludes halogenated alkanes) is 11. The second kappa shape index (κ2) is 21.2. The van der Waals surface area contributed by atoms with Crippen LogP contribution in [0.4, 0.5) is 0 Å². The lowest BCUT2D eigenvalue weighted by molar-refractivity contribution is -0.150. The molecule has 0 bridgehead atoms. The Hall–Kier alpha value is -1.06. The molecule has 0 N–H and O–H groups in total. The smallest absolute Gasteiger partial charge is 0.308 e. The minimum absolute atomic E-state index is 0.0139. The Bertz CT molecular complexity index is 408. The summed E-state index contributed by atoms with van der Waals surface area (Å²) in [6.45, 7) is 9.54. The van der Waals surface area contributed by atoms with Crippen LogP contribution in [0.25, 0.3) is 0 Å². The monoisotopic (exact) mass is 426 g/mol. The lowest BCUT2D eigenvalue weighted by atomic mass is 9.90. The van der Waals surface area contributed by atoms with E-state index in [9.17, 15) is 9.59 Å². The minimum Gasteiger partial charge on any atom is -0.466 e. The number of carbonyl (C=O) groups excluding carboxylic acids is 2. The summed E-state index contributed by atoms with van der Waals surface area (Å²) >= 11 is 0. The molecule has 0 amide bonds. The highest BCUT2D eigenvalue weighted by Gasteiger charge is 2.21. The predicted molar refractivity (Wildman–Crippen MR) is 125 cm³/mol. The minimum atomic E-state index is -0.0273. The maximum absolute atomic E-state index is 12.0. The fraction of sp³-hybridized carbons (Fsp3) is 0.923. The van der Waals surface area contributed by atoms with Crippen LogP contribution in [0.15, 0.2) is 0 Å². The van der Waals surface area contributed by atoms with Gasteiger partial charge >= 0.3 is 11.9 Å². The first kappa shape index (κ1) is 28.9. The number of hydrogen-bond donors (Lipinski definition) is 0. The van der Waals surface area contributed by atoms with Crippen LogP contribution in [0.3, 0.4) is 0 Å². The van der Waals surface area contributed by atoms with Crippen molar-refractivity contribution in [1.29, 1.82) is 0 Å². The zero-order chi connectivity index (χ0) is 22.5. The van der Waals surface area contributed by atoms with Crippen molar-refractivity contribution in [1.82, 2.24) is 0 Å². The number of ether oxygens (including phenoxy) is 2. The van der Waals surface area contributed by atoms with Gasteiger partial charge in [0.2, 0.25) is 0 Å². The van der Waals surface area contributed by atoms with Gasteiger partial charge in [0, 0.05) is 6.42 Å². The molecule has 0 aromatic carbocycles. The average Bonchev–Trinajstić information content (AvgIpc) is 2.74.